The number of carbonyl (C=O) groups is 1. The molecule has 1 saturated carbocycles. The van der Waals surface area contributed by atoms with Crippen molar-refractivity contribution < 1.29 is 7.65 Å². The highest BCUT2D eigenvalue weighted by Gasteiger charge is 2.23. The fraction of sp³-hybridized carbons (Fsp3) is 0.444. The molecule has 0 radical (unpaired) electrons. The van der Waals surface area contributed by atoms with Crippen LogP contribution in [0.2, 0.25) is 0 Å². The molecule has 2 aromatic carbocycles. The van der Waals surface area contributed by atoms with Crippen LogP contribution in [-0.4, -0.2) is 42.1 Å². The SMILES string of the molecule is CC.Cc1ccccc1CC(=O)NC1CCC(Nc2nc(N(C)C)c3ccccc3n2)CC1.[HH].[HH]. The van der Waals surface area contributed by atoms with Crippen LogP contribution in [0.3, 0.4) is 0 Å². The van der Waals surface area contributed by atoms with Crippen LogP contribution in [0.15, 0.2) is 48.5 Å². The molecule has 4 rings (SSSR count). The number of para-hydroxylation sites is 1. The van der Waals surface area contributed by atoms with E-state index in [1.165, 1.54) is 0 Å². The van der Waals surface area contributed by atoms with E-state index in [2.05, 4.69) is 29.7 Å². The van der Waals surface area contributed by atoms with Crippen molar-refractivity contribution in [2.24, 2.45) is 0 Å². The Bertz CT molecular complexity index is 1070. The maximum absolute atomic E-state index is 12.5. The Morgan fingerprint density at radius 3 is 2.30 bits per heavy atom. The summed E-state index contributed by atoms with van der Waals surface area (Å²) in [6.07, 6.45) is 4.35. The number of amides is 1. The van der Waals surface area contributed by atoms with Crippen LogP contribution in [0.5, 0.6) is 0 Å². The molecule has 0 saturated heterocycles. The van der Waals surface area contributed by atoms with Crippen LogP contribution in [0.4, 0.5) is 11.8 Å². The van der Waals surface area contributed by atoms with Gasteiger partial charge in [0.15, 0.2) is 0 Å². The van der Waals surface area contributed by atoms with Gasteiger partial charge in [-0.25, -0.2) is 4.98 Å². The standard InChI is InChI=1S/C25H31N5O.C2H6.2H2/c1-17-8-4-5-9-18(17)16-23(31)26-19-12-14-20(15-13-19)27-25-28-22-11-7-6-10-21(22)24(29-25)30(2)3;1-2;;/h4-11,19-20H,12-16H2,1-3H3,(H,26,31)(H,27,28,29);1-2H3;2*1H. The van der Waals surface area contributed by atoms with Crippen LogP contribution in [0, 0.1) is 6.92 Å². The van der Waals surface area contributed by atoms with Crippen molar-refractivity contribution in [1.82, 2.24) is 15.3 Å². The first-order chi connectivity index (χ1) is 16.0. The van der Waals surface area contributed by atoms with Crippen LogP contribution < -0.4 is 15.5 Å². The molecular formula is C27H41N5O. The molecule has 1 heterocycles. The maximum atomic E-state index is 12.5. The van der Waals surface area contributed by atoms with Gasteiger partial charge in [-0.2, -0.15) is 4.98 Å². The number of anilines is 2. The summed E-state index contributed by atoms with van der Waals surface area (Å²) in [5.74, 6) is 1.71. The van der Waals surface area contributed by atoms with Crippen molar-refractivity contribution in [3.63, 3.8) is 0 Å². The van der Waals surface area contributed by atoms with E-state index in [-0.39, 0.29) is 14.8 Å². The number of hydrogen-bond donors (Lipinski definition) is 2. The van der Waals surface area contributed by atoms with E-state index in [4.69, 9.17) is 9.97 Å². The van der Waals surface area contributed by atoms with Gasteiger partial charge in [0.25, 0.3) is 0 Å². The Morgan fingerprint density at radius 1 is 0.970 bits per heavy atom. The molecule has 1 amide bonds. The Balaban J connectivity index is 0.00000149. The van der Waals surface area contributed by atoms with Crippen LogP contribution in [0.25, 0.3) is 10.9 Å². The van der Waals surface area contributed by atoms with E-state index < -0.39 is 0 Å². The van der Waals surface area contributed by atoms with Gasteiger partial charge in [-0.3, -0.25) is 4.79 Å². The highest BCUT2D eigenvalue weighted by molar-refractivity contribution is 5.90. The number of carbonyl (C=O) groups excluding carboxylic acids is 1. The van der Waals surface area contributed by atoms with E-state index in [0.717, 1.165) is 53.5 Å². The molecular weight excluding hydrogens is 410 g/mol. The third-order valence-corrected chi connectivity index (χ3v) is 6.04. The normalized spacial score (nSPS) is 17.6. The number of fused-ring (bicyclic) bond motifs is 1. The molecule has 0 spiro atoms. The molecule has 0 aliphatic heterocycles. The molecule has 1 aromatic heterocycles. The highest BCUT2D eigenvalue weighted by atomic mass is 16.1. The minimum absolute atomic E-state index is 0. The summed E-state index contributed by atoms with van der Waals surface area (Å²) in [4.78, 5) is 24.0. The van der Waals surface area contributed by atoms with Gasteiger partial charge in [-0.1, -0.05) is 50.2 Å². The van der Waals surface area contributed by atoms with Crippen molar-refractivity contribution >= 4 is 28.6 Å². The summed E-state index contributed by atoms with van der Waals surface area (Å²) in [7, 11) is 4.01. The average molecular weight is 452 g/mol. The Labute approximate surface area is 200 Å². The van der Waals surface area contributed by atoms with Crippen LogP contribution in [0.1, 0.15) is 53.5 Å². The van der Waals surface area contributed by atoms with E-state index in [1.807, 2.05) is 69.2 Å². The minimum atomic E-state index is 0. The fourth-order valence-corrected chi connectivity index (χ4v) is 4.29. The smallest absolute Gasteiger partial charge is 0.225 e. The number of nitrogens with zero attached hydrogens (tertiary/aromatic N) is 3. The third kappa shape index (κ3) is 6.44. The number of aryl methyl sites for hydroxylation is 1. The largest absolute Gasteiger partial charge is 0.362 e. The van der Waals surface area contributed by atoms with Gasteiger partial charge in [0.05, 0.1) is 11.9 Å². The molecule has 6 heteroatoms. The molecule has 0 bridgehead atoms. The zero-order valence-corrected chi connectivity index (χ0v) is 20.6. The minimum Gasteiger partial charge on any atom is -0.362 e. The fourth-order valence-electron chi connectivity index (χ4n) is 4.29. The number of rotatable bonds is 6. The first-order valence-corrected chi connectivity index (χ1v) is 12.0. The van der Waals surface area contributed by atoms with Gasteiger partial charge in [0.1, 0.15) is 5.82 Å². The molecule has 180 valence electrons. The zero-order chi connectivity index (χ0) is 23.8. The molecule has 3 aromatic rings. The third-order valence-electron chi connectivity index (χ3n) is 6.04. The summed E-state index contributed by atoms with van der Waals surface area (Å²) >= 11 is 0. The first kappa shape index (κ1) is 24.5. The van der Waals surface area contributed by atoms with Gasteiger partial charge in [-0.15, -0.1) is 0 Å². The van der Waals surface area contributed by atoms with Crippen LogP contribution >= 0.6 is 0 Å². The summed E-state index contributed by atoms with van der Waals surface area (Å²) in [5, 5.41) is 7.80. The van der Waals surface area contributed by atoms with Gasteiger partial charge >= 0.3 is 0 Å². The lowest BCUT2D eigenvalue weighted by Gasteiger charge is -2.30. The molecule has 0 unspecified atom stereocenters. The Hall–Kier alpha value is -3.15. The number of aromatic nitrogens is 2. The zero-order valence-electron chi connectivity index (χ0n) is 20.6. The first-order valence-electron chi connectivity index (χ1n) is 12.0. The van der Waals surface area contributed by atoms with Crippen LogP contribution in [-0.2, 0) is 11.2 Å². The quantitative estimate of drug-likeness (QED) is 0.510. The van der Waals surface area contributed by atoms with Crippen molar-refractivity contribution in [1.29, 1.82) is 0 Å². The van der Waals surface area contributed by atoms with E-state index in [0.29, 0.717) is 18.4 Å². The molecule has 1 aliphatic carbocycles. The summed E-state index contributed by atoms with van der Waals surface area (Å²) in [6.45, 7) is 6.05. The van der Waals surface area contributed by atoms with Gasteiger partial charge in [-0.05, 0) is 55.9 Å². The summed E-state index contributed by atoms with van der Waals surface area (Å²) < 4.78 is 0. The second kappa shape index (κ2) is 11.6. The number of nitrogens with one attached hydrogen (secondary N) is 2. The molecule has 6 nitrogen and oxygen atoms in total. The number of benzene rings is 2. The van der Waals surface area contributed by atoms with Crippen molar-refractivity contribution in [3.8, 4) is 0 Å². The predicted octanol–water partition coefficient (Wildman–Crippen LogP) is 5.60. The second-order valence-corrected chi connectivity index (χ2v) is 8.65. The molecule has 0 atom stereocenters. The van der Waals surface area contributed by atoms with Gasteiger partial charge < -0.3 is 15.5 Å². The lowest BCUT2D eigenvalue weighted by molar-refractivity contribution is -0.121. The van der Waals surface area contributed by atoms with E-state index in [1.54, 1.807) is 0 Å². The Kier molecular flexibility index (Phi) is 8.64. The lowest BCUT2D eigenvalue weighted by Crippen LogP contribution is -2.41. The number of hydrogen-bond acceptors (Lipinski definition) is 5. The highest BCUT2D eigenvalue weighted by Crippen LogP contribution is 2.26. The molecule has 33 heavy (non-hydrogen) atoms. The Morgan fingerprint density at radius 2 is 1.61 bits per heavy atom. The summed E-state index contributed by atoms with van der Waals surface area (Å²) in [6, 6.07) is 16.7. The van der Waals surface area contributed by atoms with Gasteiger partial charge in [0.2, 0.25) is 11.9 Å². The topological polar surface area (TPSA) is 70.2 Å². The lowest BCUT2D eigenvalue weighted by atomic mass is 9.91. The van der Waals surface area contributed by atoms with E-state index in [9.17, 15) is 4.79 Å². The predicted molar refractivity (Wildman–Crippen MR) is 142 cm³/mol. The second-order valence-electron chi connectivity index (χ2n) is 8.65. The molecule has 1 fully saturated rings. The van der Waals surface area contributed by atoms with Crippen molar-refractivity contribution in [2.75, 3.05) is 24.3 Å². The average Bonchev–Trinajstić information content (AvgIpc) is 2.82. The van der Waals surface area contributed by atoms with Crippen molar-refractivity contribution in [2.45, 2.75) is 65.0 Å². The van der Waals surface area contributed by atoms with Gasteiger partial charge in [0, 0.05) is 34.4 Å². The van der Waals surface area contributed by atoms with Crippen molar-refractivity contribution in [3.05, 3.63) is 59.7 Å². The van der Waals surface area contributed by atoms with E-state index >= 15 is 0 Å². The molecule has 2 N–H and O–H groups in total. The summed E-state index contributed by atoms with van der Waals surface area (Å²) in [5.41, 5.74) is 3.21. The molecule has 1 aliphatic rings. The monoisotopic (exact) mass is 451 g/mol. The maximum Gasteiger partial charge on any atom is 0.225 e.